The quantitative estimate of drug-likeness (QED) is 0.687. The van der Waals surface area contributed by atoms with E-state index in [-0.39, 0.29) is 5.54 Å². The van der Waals surface area contributed by atoms with E-state index in [0.717, 1.165) is 32.2 Å². The van der Waals surface area contributed by atoms with Crippen LogP contribution in [0.5, 0.6) is 0 Å². The predicted molar refractivity (Wildman–Crippen MR) is 79.0 cm³/mol. The summed E-state index contributed by atoms with van der Waals surface area (Å²) in [6.45, 7) is 3.83. The minimum absolute atomic E-state index is 0.218. The zero-order chi connectivity index (χ0) is 14.1. The van der Waals surface area contributed by atoms with Gasteiger partial charge in [0.05, 0.1) is 5.54 Å². The number of urea groups is 1. The zero-order valence-electron chi connectivity index (χ0n) is 12.9. The number of rotatable bonds is 0. The number of hydrogen-bond donors (Lipinski definition) is 0. The summed E-state index contributed by atoms with van der Waals surface area (Å²) in [6.07, 6.45) is 9.89. The van der Waals surface area contributed by atoms with Crippen molar-refractivity contribution in [2.24, 2.45) is 11.3 Å². The third-order valence-electron chi connectivity index (χ3n) is 7.38. The molecule has 3 aliphatic heterocycles. The van der Waals surface area contributed by atoms with Crippen molar-refractivity contribution >= 4 is 6.03 Å². The van der Waals surface area contributed by atoms with E-state index in [2.05, 4.69) is 9.80 Å². The number of fused-ring (bicyclic) bond motifs is 3. The van der Waals surface area contributed by atoms with E-state index in [1.54, 1.807) is 0 Å². The molecule has 116 valence electrons. The lowest BCUT2D eigenvalue weighted by Crippen LogP contribution is -2.53. The molecule has 0 aromatic carbocycles. The molecule has 4 heteroatoms. The Labute approximate surface area is 126 Å². The molecule has 2 amide bonds. The molecule has 0 radical (unpaired) electrons. The molecule has 5 aliphatic rings. The lowest BCUT2D eigenvalue weighted by Gasteiger charge is -2.43. The SMILES string of the molecule is O=C(N1CC2CCC1C2)N1CCC2(CCOCC2)C12CC2. The average Bonchev–Trinajstić information content (AvgIpc) is 2.91. The molecule has 3 saturated heterocycles. The highest BCUT2D eigenvalue weighted by Crippen LogP contribution is 2.64. The van der Waals surface area contributed by atoms with Crippen molar-refractivity contribution in [3.05, 3.63) is 0 Å². The first kappa shape index (κ1) is 12.7. The fourth-order valence-electron chi connectivity index (χ4n) is 6.05. The molecule has 5 rings (SSSR count). The van der Waals surface area contributed by atoms with Gasteiger partial charge in [0.25, 0.3) is 0 Å². The molecular weight excluding hydrogens is 264 g/mol. The van der Waals surface area contributed by atoms with Crippen LogP contribution in [0.15, 0.2) is 0 Å². The lowest BCUT2D eigenvalue weighted by atomic mass is 9.72. The van der Waals surface area contributed by atoms with Crippen LogP contribution in [0.4, 0.5) is 4.79 Å². The summed E-state index contributed by atoms with van der Waals surface area (Å²) in [5.41, 5.74) is 0.606. The van der Waals surface area contributed by atoms with Gasteiger partial charge in [0.15, 0.2) is 0 Å². The van der Waals surface area contributed by atoms with E-state index in [4.69, 9.17) is 4.74 Å². The Kier molecular flexibility index (Phi) is 2.52. The highest BCUT2D eigenvalue weighted by molar-refractivity contribution is 5.77. The van der Waals surface area contributed by atoms with Gasteiger partial charge in [-0.05, 0) is 62.7 Å². The second-order valence-corrected chi connectivity index (χ2v) is 8.09. The largest absolute Gasteiger partial charge is 0.381 e. The van der Waals surface area contributed by atoms with Crippen LogP contribution in [0.25, 0.3) is 0 Å². The summed E-state index contributed by atoms with van der Waals surface area (Å²) in [4.78, 5) is 17.7. The van der Waals surface area contributed by atoms with E-state index in [1.807, 2.05) is 0 Å². The maximum atomic E-state index is 13.1. The van der Waals surface area contributed by atoms with E-state index < -0.39 is 0 Å². The molecule has 21 heavy (non-hydrogen) atoms. The number of nitrogens with zero attached hydrogens (tertiary/aromatic N) is 2. The van der Waals surface area contributed by atoms with E-state index >= 15 is 0 Å². The van der Waals surface area contributed by atoms with Crippen LogP contribution in [0, 0.1) is 11.3 Å². The number of ether oxygens (including phenoxy) is 1. The topological polar surface area (TPSA) is 32.8 Å². The summed E-state index contributed by atoms with van der Waals surface area (Å²) in [5, 5.41) is 0. The van der Waals surface area contributed by atoms with Crippen molar-refractivity contribution in [3.8, 4) is 0 Å². The molecule has 2 spiro atoms. The number of piperidine rings is 1. The van der Waals surface area contributed by atoms with Gasteiger partial charge in [0.2, 0.25) is 0 Å². The zero-order valence-corrected chi connectivity index (χ0v) is 12.9. The van der Waals surface area contributed by atoms with Crippen LogP contribution in [0.2, 0.25) is 0 Å². The molecule has 0 aromatic heterocycles. The molecule has 2 aliphatic carbocycles. The maximum Gasteiger partial charge on any atom is 0.320 e. The smallest absolute Gasteiger partial charge is 0.320 e. The minimum atomic E-state index is 0.218. The van der Waals surface area contributed by atoms with Crippen molar-refractivity contribution < 1.29 is 9.53 Å². The Morgan fingerprint density at radius 2 is 1.86 bits per heavy atom. The number of carbonyl (C=O) groups is 1. The molecule has 2 unspecified atom stereocenters. The maximum absolute atomic E-state index is 13.1. The molecule has 0 aromatic rings. The van der Waals surface area contributed by atoms with Crippen LogP contribution in [-0.2, 0) is 4.74 Å². The van der Waals surface area contributed by atoms with Crippen molar-refractivity contribution in [1.29, 1.82) is 0 Å². The Morgan fingerprint density at radius 1 is 1.05 bits per heavy atom. The molecule has 2 saturated carbocycles. The Balaban J connectivity index is 1.39. The standard InChI is InChI=1S/C17H26N2O2/c20-15(18-12-13-1-2-14(18)11-13)19-8-5-16(17(19)3-4-17)6-9-21-10-7-16/h13-14H,1-12H2. The summed E-state index contributed by atoms with van der Waals surface area (Å²) in [5.74, 6) is 0.800. The second-order valence-electron chi connectivity index (χ2n) is 8.09. The molecule has 4 nitrogen and oxygen atoms in total. The van der Waals surface area contributed by atoms with Crippen molar-refractivity contribution in [3.63, 3.8) is 0 Å². The Morgan fingerprint density at radius 3 is 2.48 bits per heavy atom. The number of carbonyl (C=O) groups excluding carboxylic acids is 1. The molecule has 2 atom stereocenters. The number of hydrogen-bond acceptors (Lipinski definition) is 2. The molecule has 3 heterocycles. The third-order valence-corrected chi connectivity index (χ3v) is 7.38. The second kappa shape index (κ2) is 4.15. The average molecular weight is 290 g/mol. The summed E-state index contributed by atoms with van der Waals surface area (Å²) >= 11 is 0. The fourth-order valence-corrected chi connectivity index (χ4v) is 6.05. The molecule has 2 bridgehead atoms. The minimum Gasteiger partial charge on any atom is -0.381 e. The van der Waals surface area contributed by atoms with Gasteiger partial charge < -0.3 is 14.5 Å². The normalized spacial score (nSPS) is 38.7. The van der Waals surface area contributed by atoms with Crippen molar-refractivity contribution in [2.45, 2.75) is 62.9 Å². The first-order valence-corrected chi connectivity index (χ1v) is 8.90. The number of amides is 2. The van der Waals surface area contributed by atoms with Gasteiger partial charge in [-0.2, -0.15) is 0 Å². The van der Waals surface area contributed by atoms with Crippen molar-refractivity contribution in [1.82, 2.24) is 9.80 Å². The first-order valence-electron chi connectivity index (χ1n) is 8.90. The highest BCUT2D eigenvalue weighted by atomic mass is 16.5. The van der Waals surface area contributed by atoms with Gasteiger partial charge in [0, 0.05) is 32.3 Å². The van der Waals surface area contributed by atoms with Crippen molar-refractivity contribution in [2.75, 3.05) is 26.3 Å². The van der Waals surface area contributed by atoms with Crippen LogP contribution in [0.1, 0.15) is 51.4 Å². The summed E-state index contributed by atoms with van der Waals surface area (Å²) in [6, 6.07) is 0.938. The highest BCUT2D eigenvalue weighted by Gasteiger charge is 2.67. The van der Waals surface area contributed by atoms with Gasteiger partial charge in [-0.25, -0.2) is 4.79 Å². The number of likely N-dealkylation sites (tertiary alicyclic amines) is 2. The summed E-state index contributed by atoms with van der Waals surface area (Å²) < 4.78 is 5.60. The van der Waals surface area contributed by atoms with Gasteiger partial charge in [-0.1, -0.05) is 0 Å². The molecular formula is C17H26N2O2. The van der Waals surface area contributed by atoms with Crippen LogP contribution < -0.4 is 0 Å². The Bertz CT molecular complexity index is 467. The van der Waals surface area contributed by atoms with E-state index in [1.165, 1.54) is 51.4 Å². The van der Waals surface area contributed by atoms with Gasteiger partial charge >= 0.3 is 6.03 Å². The monoisotopic (exact) mass is 290 g/mol. The molecule has 5 fully saturated rings. The fraction of sp³-hybridized carbons (Fsp3) is 0.941. The lowest BCUT2D eigenvalue weighted by molar-refractivity contribution is -0.0108. The molecule has 0 N–H and O–H groups in total. The van der Waals surface area contributed by atoms with Crippen LogP contribution >= 0.6 is 0 Å². The predicted octanol–water partition coefficient (Wildman–Crippen LogP) is 2.63. The van der Waals surface area contributed by atoms with Gasteiger partial charge in [-0.3, -0.25) is 0 Å². The van der Waals surface area contributed by atoms with Crippen LogP contribution in [-0.4, -0.2) is 53.7 Å². The summed E-state index contributed by atoms with van der Waals surface area (Å²) in [7, 11) is 0. The van der Waals surface area contributed by atoms with E-state index in [0.29, 0.717) is 17.5 Å². The van der Waals surface area contributed by atoms with Gasteiger partial charge in [0.1, 0.15) is 0 Å². The Hall–Kier alpha value is -0.770. The van der Waals surface area contributed by atoms with Gasteiger partial charge in [-0.15, -0.1) is 0 Å². The van der Waals surface area contributed by atoms with Crippen LogP contribution in [0.3, 0.4) is 0 Å². The first-order chi connectivity index (χ1) is 10.2. The third kappa shape index (κ3) is 1.57. The van der Waals surface area contributed by atoms with E-state index in [9.17, 15) is 4.79 Å².